The van der Waals surface area contributed by atoms with Crippen LogP contribution in [-0.2, 0) is 11.0 Å². The Morgan fingerprint density at radius 1 is 1.32 bits per heavy atom. The van der Waals surface area contributed by atoms with Gasteiger partial charge >= 0.3 is 12.1 Å². The summed E-state index contributed by atoms with van der Waals surface area (Å²) < 4.78 is 37.9. The predicted octanol–water partition coefficient (Wildman–Crippen LogP) is 2.46. The number of anilines is 1. The van der Waals surface area contributed by atoms with Gasteiger partial charge in [0.1, 0.15) is 11.8 Å². The lowest BCUT2D eigenvalue weighted by molar-refractivity contribution is -0.138. The molecule has 0 spiro atoms. The number of carboxylic acids is 1. The molecule has 7 heteroatoms. The molecule has 0 aromatic heterocycles. The van der Waals surface area contributed by atoms with E-state index in [1.807, 2.05) is 0 Å². The highest BCUT2D eigenvalue weighted by atomic mass is 19.4. The average molecular weight is 275 g/mol. The lowest BCUT2D eigenvalue weighted by Gasteiger charge is -2.24. The lowest BCUT2D eigenvalue weighted by atomic mass is 10.1. The van der Waals surface area contributed by atoms with Crippen LogP contribution in [0.3, 0.4) is 0 Å². The summed E-state index contributed by atoms with van der Waals surface area (Å²) in [5, 5.41) is 18.4. The highest BCUT2D eigenvalue weighted by molar-refractivity contribution is 5.79. The van der Waals surface area contributed by atoms with Crippen LogP contribution in [0.15, 0.2) is 18.2 Å². The topological polar surface area (TPSA) is 60.8 Å². The van der Waals surface area contributed by atoms with Gasteiger partial charge in [0, 0.05) is 18.3 Å². The molecular formula is C12H12F3NO3. The van der Waals surface area contributed by atoms with Gasteiger partial charge in [0.15, 0.2) is 0 Å². The predicted molar refractivity (Wildman–Crippen MR) is 61.1 cm³/mol. The van der Waals surface area contributed by atoms with Crippen molar-refractivity contribution in [1.29, 1.82) is 0 Å². The van der Waals surface area contributed by atoms with Crippen molar-refractivity contribution in [3.63, 3.8) is 0 Å². The van der Waals surface area contributed by atoms with Gasteiger partial charge in [-0.05, 0) is 25.0 Å². The standard InChI is InChI=1S/C12H12F3NO3/c13-12(14,15)7-4-8(6-9(17)5-7)16-3-1-2-10(16)11(18)19/h4-6,10,17H,1-3H2,(H,18,19). The maximum atomic E-state index is 12.6. The number of rotatable bonds is 2. The molecule has 0 aliphatic carbocycles. The first-order valence-corrected chi connectivity index (χ1v) is 5.70. The van der Waals surface area contributed by atoms with E-state index < -0.39 is 29.5 Å². The van der Waals surface area contributed by atoms with Crippen molar-refractivity contribution < 1.29 is 28.2 Å². The van der Waals surface area contributed by atoms with Crippen LogP contribution in [0.1, 0.15) is 18.4 Å². The van der Waals surface area contributed by atoms with Crippen molar-refractivity contribution in [3.05, 3.63) is 23.8 Å². The van der Waals surface area contributed by atoms with Crippen molar-refractivity contribution in [3.8, 4) is 5.75 Å². The molecule has 1 unspecified atom stereocenters. The highest BCUT2D eigenvalue weighted by Crippen LogP contribution is 2.36. The van der Waals surface area contributed by atoms with E-state index in [1.165, 1.54) is 4.90 Å². The number of phenols is 1. The number of nitrogens with zero attached hydrogens (tertiary/aromatic N) is 1. The highest BCUT2D eigenvalue weighted by Gasteiger charge is 2.35. The molecule has 2 N–H and O–H groups in total. The fourth-order valence-electron chi connectivity index (χ4n) is 2.26. The summed E-state index contributed by atoms with van der Waals surface area (Å²) in [6.45, 7) is 0.359. The molecule has 1 atom stereocenters. The molecule has 19 heavy (non-hydrogen) atoms. The molecule has 0 bridgehead atoms. The average Bonchev–Trinajstić information content (AvgIpc) is 2.75. The van der Waals surface area contributed by atoms with E-state index in [0.717, 1.165) is 12.1 Å². The maximum Gasteiger partial charge on any atom is 0.416 e. The van der Waals surface area contributed by atoms with Gasteiger partial charge in [-0.3, -0.25) is 0 Å². The molecule has 1 aromatic carbocycles. The van der Waals surface area contributed by atoms with Crippen LogP contribution in [0.4, 0.5) is 18.9 Å². The van der Waals surface area contributed by atoms with Gasteiger partial charge < -0.3 is 15.1 Å². The fourth-order valence-corrected chi connectivity index (χ4v) is 2.26. The van der Waals surface area contributed by atoms with E-state index in [9.17, 15) is 23.1 Å². The van der Waals surface area contributed by atoms with Crippen LogP contribution in [0.25, 0.3) is 0 Å². The molecule has 1 aliphatic heterocycles. The number of phenolic OH excluding ortho intramolecular Hbond substituents is 1. The molecule has 0 amide bonds. The zero-order chi connectivity index (χ0) is 14.2. The number of aromatic hydroxyl groups is 1. The van der Waals surface area contributed by atoms with Gasteiger partial charge in [-0.25, -0.2) is 4.79 Å². The molecule has 1 saturated heterocycles. The molecule has 1 heterocycles. The Labute approximate surface area is 107 Å². The lowest BCUT2D eigenvalue weighted by Crippen LogP contribution is -2.36. The largest absolute Gasteiger partial charge is 0.508 e. The van der Waals surface area contributed by atoms with Crippen LogP contribution >= 0.6 is 0 Å². The Morgan fingerprint density at radius 3 is 2.58 bits per heavy atom. The van der Waals surface area contributed by atoms with E-state index in [-0.39, 0.29) is 5.69 Å². The number of halogens is 3. The van der Waals surface area contributed by atoms with Crippen LogP contribution in [0.2, 0.25) is 0 Å². The third kappa shape index (κ3) is 2.74. The van der Waals surface area contributed by atoms with E-state index in [4.69, 9.17) is 5.11 Å². The van der Waals surface area contributed by atoms with Crippen LogP contribution in [0.5, 0.6) is 5.75 Å². The van der Waals surface area contributed by atoms with E-state index in [2.05, 4.69) is 0 Å². The molecule has 1 aliphatic rings. The zero-order valence-corrected chi connectivity index (χ0v) is 9.81. The second kappa shape index (κ2) is 4.64. The number of carbonyl (C=O) groups is 1. The summed E-state index contributed by atoms with van der Waals surface area (Å²) in [5.74, 6) is -1.60. The minimum absolute atomic E-state index is 0.0808. The van der Waals surface area contributed by atoms with Crippen molar-refractivity contribution >= 4 is 11.7 Å². The molecule has 4 nitrogen and oxygen atoms in total. The van der Waals surface area contributed by atoms with Crippen molar-refractivity contribution in [2.45, 2.75) is 25.1 Å². The van der Waals surface area contributed by atoms with E-state index in [0.29, 0.717) is 25.5 Å². The number of aliphatic carboxylic acids is 1. The first-order valence-electron chi connectivity index (χ1n) is 5.70. The summed E-state index contributed by atoms with van der Waals surface area (Å²) in [7, 11) is 0. The first kappa shape index (κ1) is 13.5. The quantitative estimate of drug-likeness (QED) is 0.870. The normalized spacial score (nSPS) is 19.7. The molecular weight excluding hydrogens is 263 g/mol. The zero-order valence-electron chi connectivity index (χ0n) is 9.81. The summed E-state index contributed by atoms with van der Waals surface area (Å²) in [6, 6.07) is 1.79. The maximum absolute atomic E-state index is 12.6. The Balaban J connectivity index is 2.40. The number of hydrogen-bond acceptors (Lipinski definition) is 3. The number of alkyl halides is 3. The van der Waals surface area contributed by atoms with E-state index in [1.54, 1.807) is 0 Å². The van der Waals surface area contributed by atoms with Crippen LogP contribution < -0.4 is 4.90 Å². The second-order valence-corrected chi connectivity index (χ2v) is 4.43. The number of hydrogen-bond donors (Lipinski definition) is 2. The van der Waals surface area contributed by atoms with Gasteiger partial charge in [0.05, 0.1) is 5.56 Å². The smallest absolute Gasteiger partial charge is 0.416 e. The fraction of sp³-hybridized carbons (Fsp3) is 0.417. The van der Waals surface area contributed by atoms with Crippen molar-refractivity contribution in [1.82, 2.24) is 0 Å². The SMILES string of the molecule is O=C(O)C1CCCN1c1cc(O)cc(C(F)(F)F)c1. The van der Waals surface area contributed by atoms with Gasteiger partial charge in [-0.15, -0.1) is 0 Å². The third-order valence-electron chi connectivity index (χ3n) is 3.10. The molecule has 104 valence electrons. The summed E-state index contributed by atoms with van der Waals surface area (Å²) in [5.41, 5.74) is -0.907. The number of carboxylic acid groups (broad SMARTS) is 1. The van der Waals surface area contributed by atoms with E-state index >= 15 is 0 Å². The van der Waals surface area contributed by atoms with Gasteiger partial charge in [0.25, 0.3) is 0 Å². The molecule has 0 radical (unpaired) electrons. The van der Waals surface area contributed by atoms with Gasteiger partial charge in [0.2, 0.25) is 0 Å². The van der Waals surface area contributed by atoms with Crippen molar-refractivity contribution in [2.75, 3.05) is 11.4 Å². The van der Waals surface area contributed by atoms with Crippen LogP contribution in [0, 0.1) is 0 Å². The summed E-state index contributed by atoms with van der Waals surface area (Å²) in [4.78, 5) is 12.4. The molecule has 2 rings (SSSR count). The minimum atomic E-state index is -4.58. The second-order valence-electron chi connectivity index (χ2n) is 4.43. The van der Waals surface area contributed by atoms with Crippen molar-refractivity contribution in [2.24, 2.45) is 0 Å². The Bertz CT molecular complexity index is 501. The molecule has 1 fully saturated rings. The first-order chi connectivity index (χ1) is 8.79. The number of benzene rings is 1. The minimum Gasteiger partial charge on any atom is -0.508 e. The third-order valence-corrected chi connectivity index (χ3v) is 3.10. The Hall–Kier alpha value is -1.92. The molecule has 1 aromatic rings. The van der Waals surface area contributed by atoms with Gasteiger partial charge in [-0.1, -0.05) is 0 Å². The summed E-state index contributed by atoms with van der Waals surface area (Å²) >= 11 is 0. The monoisotopic (exact) mass is 275 g/mol. The Morgan fingerprint density at radius 2 is 2.00 bits per heavy atom. The van der Waals surface area contributed by atoms with Gasteiger partial charge in [-0.2, -0.15) is 13.2 Å². The summed E-state index contributed by atoms with van der Waals surface area (Å²) in [6.07, 6.45) is -3.60. The Kier molecular flexibility index (Phi) is 3.30. The van der Waals surface area contributed by atoms with Crippen LogP contribution in [-0.4, -0.2) is 28.8 Å². The molecule has 0 saturated carbocycles.